The zero-order valence-corrected chi connectivity index (χ0v) is 20.3. The number of nitrogens with zero attached hydrogens (tertiary/aromatic N) is 4. The van der Waals surface area contributed by atoms with Gasteiger partial charge in [0.2, 0.25) is 5.91 Å². The molecule has 0 saturated heterocycles. The predicted octanol–water partition coefficient (Wildman–Crippen LogP) is 3.50. The molecule has 1 fully saturated rings. The van der Waals surface area contributed by atoms with Crippen LogP contribution in [-0.2, 0) is 24.8 Å². The molecule has 1 aliphatic heterocycles. The van der Waals surface area contributed by atoms with Crippen LogP contribution in [0.2, 0.25) is 0 Å². The average molecular weight is 482 g/mol. The fraction of sp³-hybridized carbons (Fsp3) is 0.417. The van der Waals surface area contributed by atoms with Crippen molar-refractivity contribution in [2.45, 2.75) is 32.2 Å². The first-order chi connectivity index (χ1) is 16.5. The lowest BCUT2D eigenvalue weighted by Gasteiger charge is -2.25. The summed E-state index contributed by atoms with van der Waals surface area (Å²) in [5, 5.41) is 8.15. The largest absolute Gasteiger partial charge is 0.497 e. The standard InChI is InChI=1S/C24H27N5O4S/c1-28-19(12-18(27-28)16-11-15(32-2)7-8-20(16)33-3)23(31)29-10-9-17-21(13-29)34-24(25-17)26-22(30)14-5-4-6-14/h7-8,11-12,14H,4-6,9-10,13H2,1-3H3,(H,25,26,30). The number of carbonyl (C=O) groups is 2. The van der Waals surface area contributed by atoms with Gasteiger partial charge in [0, 0.05) is 36.4 Å². The summed E-state index contributed by atoms with van der Waals surface area (Å²) < 4.78 is 12.4. The molecule has 1 N–H and O–H groups in total. The van der Waals surface area contributed by atoms with Crippen molar-refractivity contribution in [2.24, 2.45) is 13.0 Å². The third-order valence-corrected chi connectivity index (χ3v) is 7.50. The molecule has 0 atom stereocenters. The number of hydrogen-bond donors (Lipinski definition) is 1. The van der Waals surface area contributed by atoms with Crippen molar-refractivity contribution in [1.82, 2.24) is 19.7 Å². The first-order valence-electron chi connectivity index (χ1n) is 11.3. The summed E-state index contributed by atoms with van der Waals surface area (Å²) in [7, 11) is 4.97. The summed E-state index contributed by atoms with van der Waals surface area (Å²) in [5.74, 6) is 1.41. The maximum Gasteiger partial charge on any atom is 0.272 e. The number of aryl methyl sites for hydroxylation is 1. The van der Waals surface area contributed by atoms with Gasteiger partial charge in [0.25, 0.3) is 5.91 Å². The normalized spacial score (nSPS) is 15.4. The van der Waals surface area contributed by atoms with Crippen LogP contribution < -0.4 is 14.8 Å². The summed E-state index contributed by atoms with van der Waals surface area (Å²) in [4.78, 5) is 33.1. The van der Waals surface area contributed by atoms with Crippen LogP contribution in [-0.4, -0.2) is 52.2 Å². The molecule has 5 rings (SSSR count). The Balaban J connectivity index is 1.33. The van der Waals surface area contributed by atoms with Gasteiger partial charge >= 0.3 is 0 Å². The molecule has 34 heavy (non-hydrogen) atoms. The zero-order valence-electron chi connectivity index (χ0n) is 19.5. The summed E-state index contributed by atoms with van der Waals surface area (Å²) >= 11 is 1.46. The van der Waals surface area contributed by atoms with Gasteiger partial charge in [-0.25, -0.2) is 4.98 Å². The Hall–Kier alpha value is -3.40. The number of thiazole rings is 1. The number of aromatic nitrogens is 3. The molecule has 10 heteroatoms. The number of amides is 2. The van der Waals surface area contributed by atoms with Crippen LogP contribution in [0.5, 0.6) is 11.5 Å². The van der Waals surface area contributed by atoms with Crippen LogP contribution >= 0.6 is 11.3 Å². The van der Waals surface area contributed by atoms with Gasteiger partial charge in [-0.1, -0.05) is 17.8 Å². The summed E-state index contributed by atoms with van der Waals surface area (Å²) in [5.41, 5.74) is 2.85. The molecule has 0 radical (unpaired) electrons. The maximum atomic E-state index is 13.4. The number of hydrogen-bond acceptors (Lipinski definition) is 7. The molecule has 3 heterocycles. The average Bonchev–Trinajstić information content (AvgIpc) is 3.38. The van der Waals surface area contributed by atoms with Crippen LogP contribution in [0.15, 0.2) is 24.3 Å². The lowest BCUT2D eigenvalue weighted by Crippen LogP contribution is -2.36. The summed E-state index contributed by atoms with van der Waals surface area (Å²) in [6, 6.07) is 7.27. The van der Waals surface area contributed by atoms with E-state index in [9.17, 15) is 9.59 Å². The maximum absolute atomic E-state index is 13.4. The first kappa shape index (κ1) is 22.4. The van der Waals surface area contributed by atoms with Gasteiger partial charge in [-0.15, -0.1) is 0 Å². The Morgan fingerprint density at radius 2 is 2.00 bits per heavy atom. The lowest BCUT2D eigenvalue weighted by molar-refractivity contribution is -0.122. The van der Waals surface area contributed by atoms with Gasteiger partial charge < -0.3 is 19.7 Å². The second-order valence-electron chi connectivity index (χ2n) is 8.59. The van der Waals surface area contributed by atoms with E-state index in [4.69, 9.17) is 9.47 Å². The molecular weight excluding hydrogens is 454 g/mol. The molecule has 0 bridgehead atoms. The lowest BCUT2D eigenvalue weighted by atomic mass is 9.85. The van der Waals surface area contributed by atoms with Crippen LogP contribution in [0.3, 0.4) is 0 Å². The second-order valence-corrected chi connectivity index (χ2v) is 9.67. The highest BCUT2D eigenvalue weighted by Gasteiger charge is 2.29. The number of anilines is 1. The van der Waals surface area contributed by atoms with Crippen LogP contribution in [0.1, 0.15) is 40.3 Å². The summed E-state index contributed by atoms with van der Waals surface area (Å²) in [6.45, 7) is 1.03. The first-order valence-corrected chi connectivity index (χ1v) is 12.1. The molecule has 2 aliphatic rings. The van der Waals surface area contributed by atoms with Crippen molar-refractivity contribution in [3.05, 3.63) is 40.5 Å². The fourth-order valence-corrected chi connectivity index (χ4v) is 5.30. The molecule has 0 spiro atoms. The van der Waals surface area contributed by atoms with Gasteiger partial charge in [0.1, 0.15) is 17.2 Å². The molecule has 178 valence electrons. The van der Waals surface area contributed by atoms with E-state index in [0.29, 0.717) is 47.5 Å². The highest BCUT2D eigenvalue weighted by atomic mass is 32.1. The minimum atomic E-state index is -0.0952. The third-order valence-electron chi connectivity index (χ3n) is 6.51. The van der Waals surface area contributed by atoms with Crippen LogP contribution in [0.4, 0.5) is 5.13 Å². The Bertz CT molecular complexity index is 1250. The minimum absolute atomic E-state index is 0.0562. The van der Waals surface area contributed by atoms with Crippen molar-refractivity contribution in [3.8, 4) is 22.8 Å². The third kappa shape index (κ3) is 4.13. The van der Waals surface area contributed by atoms with Crippen molar-refractivity contribution < 1.29 is 19.1 Å². The SMILES string of the molecule is COc1ccc(OC)c(-c2cc(C(=O)N3CCc4nc(NC(=O)C5CCC5)sc4C3)n(C)n2)c1. The molecule has 3 aromatic rings. The zero-order chi connectivity index (χ0) is 23.8. The van der Waals surface area contributed by atoms with E-state index in [2.05, 4.69) is 15.4 Å². The van der Waals surface area contributed by atoms with Gasteiger partial charge in [-0.3, -0.25) is 14.3 Å². The summed E-state index contributed by atoms with van der Waals surface area (Å²) in [6.07, 6.45) is 3.68. The van der Waals surface area contributed by atoms with Crippen molar-refractivity contribution >= 4 is 28.3 Å². The molecule has 1 aromatic carbocycles. The fourth-order valence-electron chi connectivity index (χ4n) is 4.28. The molecular formula is C24H27N5O4S. The monoisotopic (exact) mass is 481 g/mol. The van der Waals surface area contributed by atoms with Crippen LogP contribution in [0.25, 0.3) is 11.3 Å². The Labute approximate surface area is 201 Å². The number of methoxy groups -OCH3 is 2. The van der Waals surface area contributed by atoms with Gasteiger partial charge in [0.05, 0.1) is 32.2 Å². The molecule has 1 saturated carbocycles. The highest BCUT2D eigenvalue weighted by Crippen LogP contribution is 2.34. The Morgan fingerprint density at radius 3 is 2.71 bits per heavy atom. The Kier molecular flexibility index (Phi) is 5.99. The van der Waals surface area contributed by atoms with Gasteiger partial charge in [0.15, 0.2) is 5.13 Å². The molecule has 1 aliphatic carbocycles. The smallest absolute Gasteiger partial charge is 0.272 e. The number of fused-ring (bicyclic) bond motifs is 1. The minimum Gasteiger partial charge on any atom is -0.497 e. The van der Waals surface area contributed by atoms with E-state index in [1.165, 1.54) is 11.3 Å². The van der Waals surface area contributed by atoms with Crippen LogP contribution in [0, 0.1) is 5.92 Å². The topological polar surface area (TPSA) is 98.6 Å². The number of ether oxygens (including phenoxy) is 2. The van der Waals surface area contributed by atoms with E-state index in [0.717, 1.165) is 35.4 Å². The van der Waals surface area contributed by atoms with E-state index >= 15 is 0 Å². The van der Waals surface area contributed by atoms with Gasteiger partial charge in [-0.05, 0) is 37.1 Å². The number of nitrogens with one attached hydrogen (secondary N) is 1. The van der Waals surface area contributed by atoms with Gasteiger partial charge in [-0.2, -0.15) is 5.10 Å². The highest BCUT2D eigenvalue weighted by molar-refractivity contribution is 7.15. The molecule has 2 aromatic heterocycles. The predicted molar refractivity (Wildman–Crippen MR) is 128 cm³/mol. The van der Waals surface area contributed by atoms with Crippen molar-refractivity contribution in [2.75, 3.05) is 26.1 Å². The van der Waals surface area contributed by atoms with Crippen molar-refractivity contribution in [1.29, 1.82) is 0 Å². The quantitative estimate of drug-likeness (QED) is 0.579. The Morgan fingerprint density at radius 1 is 1.18 bits per heavy atom. The number of carbonyl (C=O) groups excluding carboxylic acids is 2. The van der Waals surface area contributed by atoms with E-state index in [1.807, 2.05) is 23.1 Å². The number of rotatable bonds is 6. The second kappa shape index (κ2) is 9.09. The van der Waals surface area contributed by atoms with Crippen molar-refractivity contribution in [3.63, 3.8) is 0 Å². The molecule has 2 amide bonds. The number of benzene rings is 1. The molecule has 0 unspecified atom stereocenters. The molecule has 9 nitrogen and oxygen atoms in total. The van der Waals surface area contributed by atoms with E-state index < -0.39 is 0 Å². The van der Waals surface area contributed by atoms with E-state index in [1.54, 1.807) is 32.0 Å². The van der Waals surface area contributed by atoms with E-state index in [-0.39, 0.29) is 17.7 Å².